The molecule has 3 heterocycles. The molecule has 0 aliphatic carbocycles. The molecule has 160 valence electrons. The van der Waals surface area contributed by atoms with Crippen molar-refractivity contribution in [1.29, 1.82) is 0 Å². The predicted octanol–water partition coefficient (Wildman–Crippen LogP) is 2.60. The molecule has 2 saturated heterocycles. The lowest BCUT2D eigenvalue weighted by molar-refractivity contribution is 0.0888. The molecule has 28 heavy (non-hydrogen) atoms. The van der Waals surface area contributed by atoms with Crippen molar-refractivity contribution < 1.29 is 18.6 Å². The number of hydrogen-bond donors (Lipinski definition) is 2. The first kappa shape index (κ1) is 23.4. The molecule has 0 spiro atoms. The van der Waals surface area contributed by atoms with E-state index in [4.69, 9.17) is 18.6 Å². The quantitative estimate of drug-likeness (QED) is 0.208. The molecule has 2 fully saturated rings. The Morgan fingerprint density at radius 3 is 2.89 bits per heavy atom. The van der Waals surface area contributed by atoms with Crippen LogP contribution >= 0.6 is 24.0 Å². The SMILES string of the molecule is I.c1coc(CCNC(=NCC2CCCO2)NCCCOCC2CCOC2)c1. The van der Waals surface area contributed by atoms with E-state index in [0.29, 0.717) is 12.5 Å². The van der Waals surface area contributed by atoms with Crippen molar-refractivity contribution in [2.75, 3.05) is 52.7 Å². The average Bonchev–Trinajstić information content (AvgIpc) is 3.45. The highest BCUT2D eigenvalue weighted by molar-refractivity contribution is 14.0. The Morgan fingerprint density at radius 2 is 2.14 bits per heavy atom. The number of ether oxygens (including phenoxy) is 3. The van der Waals surface area contributed by atoms with Crippen LogP contribution in [0.2, 0.25) is 0 Å². The van der Waals surface area contributed by atoms with E-state index in [0.717, 1.165) is 89.9 Å². The van der Waals surface area contributed by atoms with E-state index in [2.05, 4.69) is 15.6 Å². The normalized spacial score (nSPS) is 22.2. The maximum Gasteiger partial charge on any atom is 0.191 e. The van der Waals surface area contributed by atoms with Crippen molar-refractivity contribution in [1.82, 2.24) is 10.6 Å². The van der Waals surface area contributed by atoms with E-state index in [-0.39, 0.29) is 30.1 Å². The molecule has 2 aliphatic heterocycles. The summed E-state index contributed by atoms with van der Waals surface area (Å²) in [6.45, 7) is 6.47. The Kier molecular flexibility index (Phi) is 11.9. The summed E-state index contributed by atoms with van der Waals surface area (Å²) in [5.41, 5.74) is 0. The molecule has 8 heteroatoms. The summed E-state index contributed by atoms with van der Waals surface area (Å²) in [5.74, 6) is 2.39. The fourth-order valence-corrected chi connectivity index (χ4v) is 3.26. The van der Waals surface area contributed by atoms with E-state index in [1.807, 2.05) is 12.1 Å². The minimum atomic E-state index is 0. The van der Waals surface area contributed by atoms with Crippen LogP contribution in [0.5, 0.6) is 0 Å². The summed E-state index contributed by atoms with van der Waals surface area (Å²) in [5, 5.41) is 6.78. The molecule has 0 amide bonds. The van der Waals surface area contributed by atoms with Gasteiger partial charge in [-0.25, -0.2) is 0 Å². The molecule has 2 unspecified atom stereocenters. The molecule has 2 N–H and O–H groups in total. The second-order valence-corrected chi connectivity index (χ2v) is 7.17. The van der Waals surface area contributed by atoms with Gasteiger partial charge < -0.3 is 29.3 Å². The second-order valence-electron chi connectivity index (χ2n) is 7.17. The molecular formula is C20H34IN3O4. The van der Waals surface area contributed by atoms with Crippen LogP contribution in [-0.2, 0) is 20.6 Å². The minimum absolute atomic E-state index is 0. The minimum Gasteiger partial charge on any atom is -0.469 e. The van der Waals surface area contributed by atoms with Crippen LogP contribution in [0.15, 0.2) is 27.8 Å². The van der Waals surface area contributed by atoms with Gasteiger partial charge in [-0.1, -0.05) is 0 Å². The van der Waals surface area contributed by atoms with Crippen molar-refractivity contribution in [2.24, 2.45) is 10.9 Å². The summed E-state index contributed by atoms with van der Waals surface area (Å²) in [7, 11) is 0. The third-order valence-electron chi connectivity index (χ3n) is 4.86. The van der Waals surface area contributed by atoms with Crippen molar-refractivity contribution in [2.45, 2.75) is 38.2 Å². The first-order valence-corrected chi connectivity index (χ1v) is 10.2. The summed E-state index contributed by atoms with van der Waals surface area (Å²) in [6.07, 6.45) is 7.10. The number of nitrogens with zero attached hydrogens (tertiary/aromatic N) is 1. The lowest BCUT2D eigenvalue weighted by atomic mass is 10.1. The van der Waals surface area contributed by atoms with Crippen molar-refractivity contribution in [3.05, 3.63) is 24.2 Å². The van der Waals surface area contributed by atoms with Gasteiger partial charge in [0.1, 0.15) is 5.76 Å². The first-order valence-electron chi connectivity index (χ1n) is 10.2. The second kappa shape index (κ2) is 14.2. The number of guanidine groups is 1. The smallest absolute Gasteiger partial charge is 0.191 e. The van der Waals surface area contributed by atoms with Gasteiger partial charge in [0, 0.05) is 45.2 Å². The zero-order chi connectivity index (χ0) is 18.6. The third kappa shape index (κ3) is 9.11. The van der Waals surface area contributed by atoms with E-state index in [1.54, 1.807) is 6.26 Å². The molecular weight excluding hydrogens is 473 g/mol. The fourth-order valence-electron chi connectivity index (χ4n) is 3.26. The van der Waals surface area contributed by atoms with Gasteiger partial charge in [-0.2, -0.15) is 0 Å². The molecule has 0 aromatic carbocycles. The van der Waals surface area contributed by atoms with Crippen LogP contribution in [0, 0.1) is 5.92 Å². The molecule has 7 nitrogen and oxygen atoms in total. The van der Waals surface area contributed by atoms with E-state index in [1.165, 1.54) is 0 Å². The summed E-state index contributed by atoms with van der Waals surface area (Å²) in [4.78, 5) is 4.69. The Bertz CT molecular complexity index is 530. The standard InChI is InChI=1S/C20H33N3O4.HI/c1-4-18(26-11-1)6-9-22-20(23-14-19-5-2-12-27-19)21-8-3-10-24-15-17-7-13-25-16-17;/h1,4,11,17,19H,2-3,5-10,12-16H2,(H2,21,22,23);1H. The fraction of sp³-hybridized carbons (Fsp3) is 0.750. The van der Waals surface area contributed by atoms with Gasteiger partial charge in [0.15, 0.2) is 5.96 Å². The van der Waals surface area contributed by atoms with Crippen LogP contribution in [0.25, 0.3) is 0 Å². The number of halogens is 1. The van der Waals surface area contributed by atoms with Crippen molar-refractivity contribution in [3.63, 3.8) is 0 Å². The van der Waals surface area contributed by atoms with Gasteiger partial charge in [0.25, 0.3) is 0 Å². The van der Waals surface area contributed by atoms with Crippen molar-refractivity contribution in [3.8, 4) is 0 Å². The predicted molar refractivity (Wildman–Crippen MR) is 119 cm³/mol. The largest absolute Gasteiger partial charge is 0.469 e. The molecule has 1 aromatic heterocycles. The Balaban J connectivity index is 0.00000280. The van der Waals surface area contributed by atoms with E-state index >= 15 is 0 Å². The highest BCUT2D eigenvalue weighted by Gasteiger charge is 2.16. The number of nitrogens with one attached hydrogen (secondary N) is 2. The topological polar surface area (TPSA) is 77.3 Å². The average molecular weight is 507 g/mol. The molecule has 0 radical (unpaired) electrons. The Hall–Kier alpha value is -0.840. The van der Waals surface area contributed by atoms with Gasteiger partial charge in [-0.3, -0.25) is 4.99 Å². The molecule has 2 aliphatic rings. The van der Waals surface area contributed by atoms with E-state index in [9.17, 15) is 0 Å². The monoisotopic (exact) mass is 507 g/mol. The molecule has 2 atom stereocenters. The van der Waals surface area contributed by atoms with Crippen LogP contribution in [0.1, 0.15) is 31.4 Å². The van der Waals surface area contributed by atoms with Gasteiger partial charge >= 0.3 is 0 Å². The first-order chi connectivity index (χ1) is 13.4. The molecule has 0 saturated carbocycles. The van der Waals surface area contributed by atoms with Gasteiger partial charge in [-0.15, -0.1) is 24.0 Å². The molecule has 0 bridgehead atoms. The van der Waals surface area contributed by atoms with Crippen LogP contribution < -0.4 is 10.6 Å². The van der Waals surface area contributed by atoms with Crippen LogP contribution in [0.4, 0.5) is 0 Å². The lowest BCUT2D eigenvalue weighted by Crippen LogP contribution is -2.39. The number of hydrogen-bond acceptors (Lipinski definition) is 5. The highest BCUT2D eigenvalue weighted by atomic mass is 127. The number of aliphatic imine (C=N–C) groups is 1. The third-order valence-corrected chi connectivity index (χ3v) is 4.86. The Morgan fingerprint density at radius 1 is 1.21 bits per heavy atom. The van der Waals surface area contributed by atoms with Crippen molar-refractivity contribution >= 4 is 29.9 Å². The summed E-state index contributed by atoms with van der Waals surface area (Å²) >= 11 is 0. The van der Waals surface area contributed by atoms with Gasteiger partial charge in [0.2, 0.25) is 0 Å². The van der Waals surface area contributed by atoms with Crippen LogP contribution in [-0.4, -0.2) is 64.7 Å². The lowest BCUT2D eigenvalue weighted by Gasteiger charge is -2.14. The van der Waals surface area contributed by atoms with Gasteiger partial charge in [-0.05, 0) is 37.8 Å². The Labute approximate surface area is 185 Å². The van der Waals surface area contributed by atoms with Crippen LogP contribution in [0.3, 0.4) is 0 Å². The molecule has 1 aromatic rings. The summed E-state index contributed by atoms with van der Waals surface area (Å²) < 4.78 is 22.2. The van der Waals surface area contributed by atoms with Gasteiger partial charge in [0.05, 0.1) is 32.1 Å². The maximum atomic E-state index is 5.76. The highest BCUT2D eigenvalue weighted by Crippen LogP contribution is 2.12. The van der Waals surface area contributed by atoms with E-state index < -0.39 is 0 Å². The zero-order valence-electron chi connectivity index (χ0n) is 16.6. The maximum absolute atomic E-state index is 5.76. The number of rotatable bonds is 11. The summed E-state index contributed by atoms with van der Waals surface area (Å²) in [6, 6.07) is 3.91. The molecule has 3 rings (SSSR count). The number of furan rings is 1. The zero-order valence-corrected chi connectivity index (χ0v) is 18.9.